The lowest BCUT2D eigenvalue weighted by Gasteiger charge is -2.13. The van der Waals surface area contributed by atoms with E-state index in [1.54, 1.807) is 6.07 Å². The molecular weight excluding hydrogens is 337 g/mol. The summed E-state index contributed by atoms with van der Waals surface area (Å²) in [5, 5.41) is 9.93. The minimum atomic E-state index is 0.364. The molecule has 1 aliphatic heterocycles. The first-order valence-electron chi connectivity index (χ1n) is 5.92. The van der Waals surface area contributed by atoms with Crippen molar-refractivity contribution in [2.75, 3.05) is 6.54 Å². The number of rotatable bonds is 1. The second kappa shape index (κ2) is 4.72. The number of nitrogens with zero attached hydrogens (tertiary/aromatic N) is 1. The van der Waals surface area contributed by atoms with Crippen molar-refractivity contribution in [2.45, 2.75) is 6.42 Å². The molecule has 0 radical (unpaired) electrons. The first kappa shape index (κ1) is 11.7. The van der Waals surface area contributed by atoms with Crippen LogP contribution in [0.25, 0.3) is 0 Å². The van der Waals surface area contributed by atoms with Crippen molar-refractivity contribution < 1.29 is 9.68 Å². The third-order valence-electron chi connectivity index (χ3n) is 3.24. The van der Waals surface area contributed by atoms with Crippen molar-refractivity contribution in [1.29, 1.82) is 0 Å². The summed E-state index contributed by atoms with van der Waals surface area (Å²) in [4.78, 5) is 0. The summed E-state index contributed by atoms with van der Waals surface area (Å²) >= 11 is 2.35. The third kappa shape index (κ3) is 2.03. The van der Waals surface area contributed by atoms with E-state index in [4.69, 9.17) is 0 Å². The highest BCUT2D eigenvalue weighted by molar-refractivity contribution is 14.1. The highest BCUT2D eigenvalue weighted by Gasteiger charge is 2.21. The molecular formula is C15H13INO+. The largest absolute Gasteiger partial charge is 0.507 e. The summed E-state index contributed by atoms with van der Waals surface area (Å²) in [7, 11) is 0. The molecule has 3 heteroatoms. The van der Waals surface area contributed by atoms with Gasteiger partial charge in [0.25, 0.3) is 0 Å². The van der Waals surface area contributed by atoms with E-state index in [-0.39, 0.29) is 0 Å². The molecule has 1 N–H and O–H groups in total. The molecule has 0 aliphatic carbocycles. The van der Waals surface area contributed by atoms with Gasteiger partial charge in [0.1, 0.15) is 5.75 Å². The lowest BCUT2D eigenvalue weighted by molar-refractivity contribution is -0.437. The molecule has 1 aliphatic rings. The van der Waals surface area contributed by atoms with Crippen LogP contribution in [0.3, 0.4) is 0 Å². The van der Waals surface area contributed by atoms with E-state index in [0.29, 0.717) is 5.75 Å². The molecule has 2 aromatic carbocycles. The van der Waals surface area contributed by atoms with Gasteiger partial charge in [-0.1, -0.05) is 24.3 Å². The van der Waals surface area contributed by atoms with Crippen LogP contribution < -0.4 is 0 Å². The molecule has 0 aromatic heterocycles. The summed E-state index contributed by atoms with van der Waals surface area (Å²) in [6.45, 7) is 0.955. The molecule has 0 amide bonds. The Morgan fingerprint density at radius 3 is 2.72 bits per heavy atom. The maximum atomic E-state index is 9.93. The predicted molar refractivity (Wildman–Crippen MR) is 80.9 cm³/mol. The van der Waals surface area contributed by atoms with Gasteiger partial charge in [-0.3, -0.25) is 0 Å². The molecule has 18 heavy (non-hydrogen) atoms. The number of hydrogen-bond acceptors (Lipinski definition) is 1. The fourth-order valence-corrected chi connectivity index (χ4v) is 3.00. The Labute approximate surface area is 120 Å². The van der Waals surface area contributed by atoms with Crippen molar-refractivity contribution in [2.24, 2.45) is 0 Å². The minimum Gasteiger partial charge on any atom is -0.507 e. The average molecular weight is 350 g/mol. The van der Waals surface area contributed by atoms with Crippen LogP contribution in [0.4, 0.5) is 5.69 Å². The van der Waals surface area contributed by atoms with E-state index in [0.717, 1.165) is 18.5 Å². The summed E-state index contributed by atoms with van der Waals surface area (Å²) in [5.41, 5.74) is 3.37. The fourth-order valence-electron chi connectivity index (χ4n) is 2.30. The summed E-state index contributed by atoms with van der Waals surface area (Å²) in [5.74, 6) is 0.364. The Bertz CT molecular complexity index is 634. The Kier molecular flexibility index (Phi) is 3.07. The lowest BCUT2D eigenvalue weighted by atomic mass is 10.0. The normalized spacial score (nSPS) is 13.9. The van der Waals surface area contributed by atoms with E-state index < -0.39 is 0 Å². The van der Waals surface area contributed by atoms with Crippen molar-refractivity contribution in [3.8, 4) is 5.75 Å². The molecule has 0 spiro atoms. The number of phenols is 1. The van der Waals surface area contributed by atoms with E-state index in [9.17, 15) is 5.11 Å². The molecule has 0 unspecified atom stereocenters. The zero-order chi connectivity index (χ0) is 12.5. The standard InChI is InChI=1S/C15H12INO/c16-13-5-1-2-6-14(13)17-9-8-11-4-3-7-15(18)12(11)10-17/h1-7,10H,8-9H2/p+1. The van der Waals surface area contributed by atoms with Crippen LogP contribution in [-0.4, -0.2) is 22.4 Å². The summed E-state index contributed by atoms with van der Waals surface area (Å²) < 4.78 is 3.44. The van der Waals surface area contributed by atoms with Gasteiger partial charge in [-0.25, -0.2) is 0 Å². The Hall–Kier alpha value is -1.36. The molecule has 90 valence electrons. The van der Waals surface area contributed by atoms with Crippen LogP contribution >= 0.6 is 22.6 Å². The Morgan fingerprint density at radius 2 is 1.89 bits per heavy atom. The average Bonchev–Trinajstić information content (AvgIpc) is 2.40. The highest BCUT2D eigenvalue weighted by Crippen LogP contribution is 2.26. The lowest BCUT2D eigenvalue weighted by Crippen LogP contribution is -2.19. The van der Waals surface area contributed by atoms with Crippen molar-refractivity contribution in [3.63, 3.8) is 0 Å². The number of phenolic OH excluding ortho intramolecular Hbond substituents is 1. The minimum absolute atomic E-state index is 0.364. The first-order chi connectivity index (χ1) is 8.75. The van der Waals surface area contributed by atoms with E-state index in [1.807, 2.05) is 24.4 Å². The maximum absolute atomic E-state index is 9.93. The monoisotopic (exact) mass is 350 g/mol. The van der Waals surface area contributed by atoms with Crippen LogP contribution in [0.1, 0.15) is 11.1 Å². The molecule has 3 rings (SSSR count). The summed E-state index contributed by atoms with van der Waals surface area (Å²) in [6.07, 6.45) is 3.01. The number of halogens is 1. The van der Waals surface area contributed by atoms with Gasteiger partial charge in [-0.15, -0.1) is 0 Å². The SMILES string of the molecule is Oc1cccc2c1C=[N+](c1ccccc1I)CC2. The van der Waals surface area contributed by atoms with Crippen LogP contribution in [0, 0.1) is 3.57 Å². The van der Waals surface area contributed by atoms with Gasteiger partial charge in [-0.2, -0.15) is 4.58 Å². The number of para-hydroxylation sites is 1. The van der Waals surface area contributed by atoms with E-state index in [1.165, 1.54) is 14.8 Å². The zero-order valence-corrected chi connectivity index (χ0v) is 12.0. The third-order valence-corrected chi connectivity index (χ3v) is 4.15. The van der Waals surface area contributed by atoms with Crippen molar-refractivity contribution in [3.05, 3.63) is 57.2 Å². The predicted octanol–water partition coefficient (Wildman–Crippen LogP) is 3.32. The van der Waals surface area contributed by atoms with Gasteiger partial charge >= 0.3 is 0 Å². The van der Waals surface area contributed by atoms with Gasteiger partial charge in [0, 0.05) is 12.5 Å². The van der Waals surface area contributed by atoms with Gasteiger partial charge in [0.15, 0.2) is 12.8 Å². The molecule has 0 bridgehead atoms. The number of hydrogen-bond donors (Lipinski definition) is 1. The topological polar surface area (TPSA) is 23.2 Å². The first-order valence-corrected chi connectivity index (χ1v) is 7.00. The summed E-state index contributed by atoms with van der Waals surface area (Å²) in [6, 6.07) is 14.0. The van der Waals surface area contributed by atoms with Crippen LogP contribution in [0.5, 0.6) is 5.75 Å². The molecule has 0 saturated heterocycles. The molecule has 0 atom stereocenters. The fraction of sp³-hybridized carbons (Fsp3) is 0.133. The quantitative estimate of drug-likeness (QED) is 0.619. The smallest absolute Gasteiger partial charge is 0.218 e. The van der Waals surface area contributed by atoms with E-state index in [2.05, 4.69) is 45.4 Å². The zero-order valence-electron chi connectivity index (χ0n) is 9.81. The number of fused-ring (bicyclic) bond motifs is 1. The van der Waals surface area contributed by atoms with Gasteiger partial charge in [0.2, 0.25) is 5.69 Å². The van der Waals surface area contributed by atoms with Gasteiger partial charge in [-0.05, 0) is 40.3 Å². The number of benzene rings is 2. The van der Waals surface area contributed by atoms with Crippen LogP contribution in [0.15, 0.2) is 42.5 Å². The molecule has 0 saturated carbocycles. The highest BCUT2D eigenvalue weighted by atomic mass is 127. The van der Waals surface area contributed by atoms with E-state index >= 15 is 0 Å². The van der Waals surface area contributed by atoms with Crippen molar-refractivity contribution >= 4 is 34.5 Å². The maximum Gasteiger partial charge on any atom is 0.218 e. The number of aromatic hydroxyl groups is 1. The van der Waals surface area contributed by atoms with Gasteiger partial charge in [0.05, 0.1) is 9.13 Å². The Morgan fingerprint density at radius 1 is 1.06 bits per heavy atom. The van der Waals surface area contributed by atoms with Crippen molar-refractivity contribution in [1.82, 2.24) is 0 Å². The van der Waals surface area contributed by atoms with Crippen LogP contribution in [0.2, 0.25) is 0 Å². The molecule has 2 aromatic rings. The molecule has 2 nitrogen and oxygen atoms in total. The molecule has 1 heterocycles. The van der Waals surface area contributed by atoms with Gasteiger partial charge < -0.3 is 5.11 Å². The second-order valence-corrected chi connectivity index (χ2v) is 5.54. The second-order valence-electron chi connectivity index (χ2n) is 4.37. The van der Waals surface area contributed by atoms with Crippen LogP contribution in [-0.2, 0) is 6.42 Å². The Balaban J connectivity index is 2.12. The molecule has 0 fully saturated rings.